The van der Waals surface area contributed by atoms with E-state index >= 15 is 0 Å². The number of piperidine rings is 1. The lowest BCUT2D eigenvalue weighted by Crippen LogP contribution is -2.38. The highest BCUT2D eigenvalue weighted by atomic mass is 19.3. The van der Waals surface area contributed by atoms with E-state index in [2.05, 4.69) is 17.4 Å². The van der Waals surface area contributed by atoms with Gasteiger partial charge >= 0.3 is 0 Å². The minimum Gasteiger partial charge on any atom is -0.489 e. The van der Waals surface area contributed by atoms with E-state index in [9.17, 15) is 8.78 Å². The molecule has 0 spiro atoms. The fourth-order valence-corrected chi connectivity index (χ4v) is 2.09. The van der Waals surface area contributed by atoms with E-state index in [-0.39, 0.29) is 13.0 Å². The lowest BCUT2D eigenvalue weighted by Gasteiger charge is -2.21. The number of benzene rings is 2. The molecule has 1 saturated heterocycles. The highest BCUT2D eigenvalue weighted by molar-refractivity contribution is 5.22. The number of alkyl halides is 2. The third-order valence-corrected chi connectivity index (χ3v) is 3.27. The molecular formula is C18H21F2NO. The maximum Gasteiger partial charge on any atom is 0.260 e. The summed E-state index contributed by atoms with van der Waals surface area (Å²) in [6.45, 7) is 1.24. The Morgan fingerprint density at radius 1 is 0.955 bits per heavy atom. The smallest absolute Gasteiger partial charge is 0.260 e. The van der Waals surface area contributed by atoms with Crippen molar-refractivity contribution in [3.05, 3.63) is 66.2 Å². The molecule has 0 unspecified atom stereocenters. The molecule has 2 aromatic carbocycles. The minimum absolute atomic E-state index is 0.0556. The van der Waals surface area contributed by atoms with Crippen molar-refractivity contribution in [3.8, 4) is 5.75 Å². The first-order valence-electron chi connectivity index (χ1n) is 7.46. The third kappa shape index (κ3) is 6.22. The van der Waals surface area contributed by atoms with Gasteiger partial charge in [0, 0.05) is 6.42 Å². The van der Waals surface area contributed by atoms with E-state index in [4.69, 9.17) is 4.74 Å². The second kappa shape index (κ2) is 8.49. The van der Waals surface area contributed by atoms with Gasteiger partial charge in [-0.25, -0.2) is 8.78 Å². The lowest BCUT2D eigenvalue weighted by molar-refractivity contribution is -0.0208. The van der Waals surface area contributed by atoms with E-state index in [1.54, 1.807) is 0 Å². The zero-order valence-corrected chi connectivity index (χ0v) is 12.5. The molecule has 0 bridgehead atoms. The number of rotatable bonds is 3. The molecule has 0 amide bonds. The average Bonchev–Trinajstić information content (AvgIpc) is 2.55. The van der Waals surface area contributed by atoms with Gasteiger partial charge in [0.25, 0.3) is 5.92 Å². The van der Waals surface area contributed by atoms with Gasteiger partial charge in [0.2, 0.25) is 0 Å². The molecule has 0 atom stereocenters. The molecule has 3 rings (SSSR count). The van der Waals surface area contributed by atoms with Gasteiger partial charge in [0.1, 0.15) is 12.4 Å². The Bertz CT molecular complexity index is 484. The molecule has 0 saturated carbocycles. The van der Waals surface area contributed by atoms with Crippen LogP contribution in [0.5, 0.6) is 5.75 Å². The first kappa shape index (κ1) is 16.4. The van der Waals surface area contributed by atoms with Crippen LogP contribution in [-0.2, 0) is 6.61 Å². The summed E-state index contributed by atoms with van der Waals surface area (Å²) >= 11 is 0. The Kier molecular flexibility index (Phi) is 6.34. The zero-order chi connectivity index (χ0) is 15.7. The fraction of sp³-hybridized carbons (Fsp3) is 0.333. The van der Waals surface area contributed by atoms with Crippen LogP contribution >= 0.6 is 0 Å². The predicted molar refractivity (Wildman–Crippen MR) is 84.3 cm³/mol. The minimum atomic E-state index is -2.43. The summed E-state index contributed by atoms with van der Waals surface area (Å²) in [7, 11) is 0. The fourth-order valence-electron chi connectivity index (χ4n) is 2.09. The van der Waals surface area contributed by atoms with Crippen molar-refractivity contribution < 1.29 is 13.5 Å². The average molecular weight is 305 g/mol. The third-order valence-electron chi connectivity index (χ3n) is 3.27. The first-order chi connectivity index (χ1) is 10.7. The predicted octanol–water partition coefficient (Wildman–Crippen LogP) is 4.27. The second-order valence-electron chi connectivity index (χ2n) is 5.22. The van der Waals surface area contributed by atoms with Crippen LogP contribution < -0.4 is 10.1 Å². The van der Waals surface area contributed by atoms with Crippen molar-refractivity contribution in [2.45, 2.75) is 25.4 Å². The molecule has 1 N–H and O–H groups in total. The van der Waals surface area contributed by atoms with Gasteiger partial charge in [-0.15, -0.1) is 0 Å². The Hall–Kier alpha value is -1.94. The van der Waals surface area contributed by atoms with E-state index < -0.39 is 5.92 Å². The standard InChI is InChI=1S/C13H12O.C5H9F2N/c1-3-7-12(8-4-1)11-14-13-9-5-2-6-10-13;6-5(7)2-1-3-8-4-5/h1-10H,11H2;8H,1-4H2. The number of hydrogen-bond donors (Lipinski definition) is 1. The molecule has 1 heterocycles. The monoisotopic (exact) mass is 305 g/mol. The van der Waals surface area contributed by atoms with Gasteiger partial charge in [0.15, 0.2) is 0 Å². The molecule has 22 heavy (non-hydrogen) atoms. The van der Waals surface area contributed by atoms with E-state index in [1.165, 1.54) is 5.56 Å². The summed E-state index contributed by atoms with van der Waals surface area (Å²) < 4.78 is 29.9. The molecule has 2 aromatic rings. The SMILES string of the molecule is FC1(F)CCCNC1.c1ccc(COc2ccccc2)cc1. The molecule has 1 fully saturated rings. The Morgan fingerprint density at radius 2 is 1.59 bits per heavy atom. The normalized spacial score (nSPS) is 16.3. The van der Waals surface area contributed by atoms with Crippen molar-refractivity contribution in [2.24, 2.45) is 0 Å². The van der Waals surface area contributed by atoms with Crippen molar-refractivity contribution in [1.82, 2.24) is 5.32 Å². The number of halogens is 2. The van der Waals surface area contributed by atoms with Crippen LogP contribution in [0.4, 0.5) is 8.78 Å². The number of nitrogens with one attached hydrogen (secondary N) is 1. The van der Waals surface area contributed by atoms with Gasteiger partial charge in [-0.3, -0.25) is 0 Å². The topological polar surface area (TPSA) is 21.3 Å². The maximum absolute atomic E-state index is 12.1. The van der Waals surface area contributed by atoms with Crippen LogP contribution in [0.2, 0.25) is 0 Å². The molecule has 0 radical (unpaired) electrons. The number of para-hydroxylation sites is 1. The van der Waals surface area contributed by atoms with Crippen molar-refractivity contribution in [2.75, 3.05) is 13.1 Å². The molecular weight excluding hydrogens is 284 g/mol. The van der Waals surface area contributed by atoms with E-state index in [1.807, 2.05) is 48.5 Å². The molecule has 2 nitrogen and oxygen atoms in total. The highest BCUT2D eigenvalue weighted by Crippen LogP contribution is 2.21. The zero-order valence-electron chi connectivity index (χ0n) is 12.5. The molecule has 0 aromatic heterocycles. The quantitative estimate of drug-likeness (QED) is 0.914. The van der Waals surface area contributed by atoms with Crippen LogP contribution in [0.1, 0.15) is 18.4 Å². The lowest BCUT2D eigenvalue weighted by atomic mass is 10.1. The molecule has 0 aliphatic carbocycles. The number of ether oxygens (including phenoxy) is 1. The largest absolute Gasteiger partial charge is 0.489 e. The van der Waals surface area contributed by atoms with Crippen LogP contribution in [0.15, 0.2) is 60.7 Å². The summed E-state index contributed by atoms with van der Waals surface area (Å²) in [5.41, 5.74) is 1.19. The van der Waals surface area contributed by atoms with Gasteiger partial charge in [0.05, 0.1) is 6.54 Å². The molecule has 1 aliphatic rings. The van der Waals surface area contributed by atoms with Gasteiger partial charge in [-0.05, 0) is 30.7 Å². The summed E-state index contributed by atoms with van der Waals surface area (Å²) in [4.78, 5) is 0. The summed E-state index contributed by atoms with van der Waals surface area (Å²) in [5, 5.41) is 2.62. The van der Waals surface area contributed by atoms with Crippen molar-refractivity contribution in [3.63, 3.8) is 0 Å². The Labute approximate surface area is 130 Å². The van der Waals surface area contributed by atoms with Crippen molar-refractivity contribution in [1.29, 1.82) is 0 Å². The molecule has 4 heteroatoms. The first-order valence-corrected chi connectivity index (χ1v) is 7.46. The maximum atomic E-state index is 12.1. The van der Waals surface area contributed by atoms with Gasteiger partial charge in [-0.1, -0.05) is 48.5 Å². The van der Waals surface area contributed by atoms with Crippen LogP contribution in [-0.4, -0.2) is 19.0 Å². The Morgan fingerprint density at radius 3 is 2.09 bits per heavy atom. The van der Waals surface area contributed by atoms with Crippen LogP contribution in [0.3, 0.4) is 0 Å². The summed E-state index contributed by atoms with van der Waals surface area (Å²) in [5.74, 6) is -1.52. The van der Waals surface area contributed by atoms with E-state index in [0.717, 1.165) is 12.3 Å². The van der Waals surface area contributed by atoms with Crippen LogP contribution in [0.25, 0.3) is 0 Å². The summed E-state index contributed by atoms with van der Waals surface area (Å²) in [6, 6.07) is 20.0. The van der Waals surface area contributed by atoms with Gasteiger partial charge < -0.3 is 10.1 Å². The molecule has 118 valence electrons. The number of hydrogen-bond acceptors (Lipinski definition) is 2. The molecule has 1 aliphatic heterocycles. The van der Waals surface area contributed by atoms with Gasteiger partial charge in [-0.2, -0.15) is 0 Å². The van der Waals surface area contributed by atoms with Crippen molar-refractivity contribution >= 4 is 0 Å². The Balaban J connectivity index is 0.000000188. The second-order valence-corrected chi connectivity index (χ2v) is 5.22. The highest BCUT2D eigenvalue weighted by Gasteiger charge is 2.30. The van der Waals surface area contributed by atoms with E-state index in [0.29, 0.717) is 13.0 Å². The van der Waals surface area contributed by atoms with Crippen LogP contribution in [0, 0.1) is 0 Å². The summed E-state index contributed by atoms with van der Waals surface area (Å²) in [6.07, 6.45) is 0.660.